The van der Waals surface area contributed by atoms with Crippen molar-refractivity contribution >= 4 is 11.9 Å². The Hall–Kier alpha value is -1.10. The van der Waals surface area contributed by atoms with Gasteiger partial charge >= 0.3 is 5.97 Å². The van der Waals surface area contributed by atoms with Crippen molar-refractivity contribution in [3.8, 4) is 0 Å². The first-order valence-corrected chi connectivity index (χ1v) is 7.74. The third-order valence-corrected chi connectivity index (χ3v) is 5.07. The molecule has 5 nitrogen and oxygen atoms in total. The molecule has 2 atom stereocenters. The Bertz CT molecular complexity index is 377. The van der Waals surface area contributed by atoms with E-state index in [2.05, 4.69) is 6.92 Å². The number of nitrogens with zero attached hydrogens (tertiary/aromatic N) is 1. The van der Waals surface area contributed by atoms with Crippen LogP contribution in [0.4, 0.5) is 0 Å². The zero-order valence-corrected chi connectivity index (χ0v) is 12.3. The van der Waals surface area contributed by atoms with E-state index in [1.165, 1.54) is 0 Å². The van der Waals surface area contributed by atoms with E-state index in [0.717, 1.165) is 38.5 Å². The molecule has 0 aromatic heterocycles. The Morgan fingerprint density at radius 1 is 1.30 bits per heavy atom. The summed E-state index contributed by atoms with van der Waals surface area (Å²) in [6.45, 7) is 2.94. The maximum Gasteiger partial charge on any atom is 0.326 e. The molecule has 1 aliphatic carbocycles. The molecule has 2 fully saturated rings. The van der Waals surface area contributed by atoms with E-state index >= 15 is 0 Å². The van der Waals surface area contributed by atoms with Gasteiger partial charge in [-0.2, -0.15) is 0 Å². The van der Waals surface area contributed by atoms with Crippen LogP contribution in [-0.2, 0) is 9.59 Å². The van der Waals surface area contributed by atoms with Crippen molar-refractivity contribution < 1.29 is 14.7 Å². The van der Waals surface area contributed by atoms with Gasteiger partial charge in [0.05, 0.1) is 5.41 Å². The number of hydrogen-bond acceptors (Lipinski definition) is 3. The Morgan fingerprint density at radius 3 is 2.50 bits per heavy atom. The van der Waals surface area contributed by atoms with Gasteiger partial charge in [0.15, 0.2) is 0 Å². The van der Waals surface area contributed by atoms with Crippen LogP contribution < -0.4 is 5.73 Å². The zero-order chi connectivity index (χ0) is 14.8. The van der Waals surface area contributed by atoms with Crippen LogP contribution in [0.25, 0.3) is 0 Å². The summed E-state index contributed by atoms with van der Waals surface area (Å²) in [7, 11) is 0. The molecule has 1 saturated heterocycles. The number of aliphatic carboxylic acids is 1. The lowest BCUT2D eigenvalue weighted by molar-refractivity contribution is -0.159. The van der Waals surface area contributed by atoms with E-state index in [1.807, 2.05) is 0 Å². The van der Waals surface area contributed by atoms with Gasteiger partial charge in [-0.05, 0) is 31.6 Å². The number of piperidine rings is 1. The van der Waals surface area contributed by atoms with E-state index in [1.54, 1.807) is 4.90 Å². The Morgan fingerprint density at radius 2 is 1.95 bits per heavy atom. The number of carboxylic acid groups (broad SMARTS) is 1. The van der Waals surface area contributed by atoms with Gasteiger partial charge in [-0.3, -0.25) is 4.79 Å². The first-order chi connectivity index (χ1) is 9.50. The molecule has 2 aliphatic rings. The Kier molecular flexibility index (Phi) is 4.68. The number of rotatable bonds is 3. The molecule has 0 aromatic carbocycles. The SMILES string of the molecule is CC1CCN(C(=O)C2(CN)CCCCC2)C(C(=O)O)C1. The van der Waals surface area contributed by atoms with Crippen LogP contribution >= 0.6 is 0 Å². The lowest BCUT2D eigenvalue weighted by Crippen LogP contribution is -2.57. The standard InChI is InChI=1S/C15H26N2O3/c1-11-5-8-17(12(9-11)13(18)19)14(20)15(10-16)6-3-2-4-7-15/h11-12H,2-10,16H2,1H3,(H,18,19). The second-order valence-electron chi connectivity index (χ2n) is 6.53. The van der Waals surface area contributed by atoms with Gasteiger partial charge in [-0.15, -0.1) is 0 Å². The summed E-state index contributed by atoms with van der Waals surface area (Å²) in [5, 5.41) is 9.41. The molecule has 114 valence electrons. The quantitative estimate of drug-likeness (QED) is 0.823. The maximum atomic E-state index is 12.9. The summed E-state index contributed by atoms with van der Waals surface area (Å²) in [5.74, 6) is -0.535. The van der Waals surface area contributed by atoms with Crippen molar-refractivity contribution in [3.63, 3.8) is 0 Å². The number of carboxylic acids is 1. The number of likely N-dealkylation sites (tertiary alicyclic amines) is 1. The smallest absolute Gasteiger partial charge is 0.326 e. The molecular weight excluding hydrogens is 256 g/mol. The topological polar surface area (TPSA) is 83.6 Å². The molecule has 1 heterocycles. The Labute approximate surface area is 120 Å². The molecule has 1 amide bonds. The second kappa shape index (κ2) is 6.12. The average Bonchev–Trinajstić information content (AvgIpc) is 2.47. The number of carbonyl (C=O) groups excluding carboxylic acids is 1. The van der Waals surface area contributed by atoms with Gasteiger partial charge in [-0.25, -0.2) is 4.79 Å². The van der Waals surface area contributed by atoms with Crippen molar-refractivity contribution in [3.05, 3.63) is 0 Å². The summed E-state index contributed by atoms with van der Waals surface area (Å²) in [6.07, 6.45) is 6.24. The van der Waals surface area contributed by atoms with Crippen LogP contribution in [0, 0.1) is 11.3 Å². The average molecular weight is 282 g/mol. The van der Waals surface area contributed by atoms with Crippen molar-refractivity contribution in [1.82, 2.24) is 4.90 Å². The molecule has 20 heavy (non-hydrogen) atoms. The minimum Gasteiger partial charge on any atom is -0.480 e. The maximum absolute atomic E-state index is 12.9. The van der Waals surface area contributed by atoms with E-state index in [4.69, 9.17) is 5.73 Å². The van der Waals surface area contributed by atoms with Gasteiger partial charge in [0.25, 0.3) is 0 Å². The van der Waals surface area contributed by atoms with Gasteiger partial charge in [0, 0.05) is 13.1 Å². The lowest BCUT2D eigenvalue weighted by Gasteiger charge is -2.43. The van der Waals surface area contributed by atoms with E-state index < -0.39 is 17.4 Å². The largest absolute Gasteiger partial charge is 0.480 e. The van der Waals surface area contributed by atoms with Crippen LogP contribution in [0.3, 0.4) is 0 Å². The fourth-order valence-electron chi connectivity index (χ4n) is 3.66. The predicted octanol–water partition coefficient (Wildman–Crippen LogP) is 1.61. The molecule has 2 rings (SSSR count). The van der Waals surface area contributed by atoms with Gasteiger partial charge in [-0.1, -0.05) is 26.2 Å². The third-order valence-electron chi connectivity index (χ3n) is 5.07. The monoisotopic (exact) mass is 282 g/mol. The van der Waals surface area contributed by atoms with E-state index in [-0.39, 0.29) is 5.91 Å². The van der Waals surface area contributed by atoms with Crippen LogP contribution in [0.5, 0.6) is 0 Å². The molecular formula is C15H26N2O3. The van der Waals surface area contributed by atoms with Crippen LogP contribution in [0.1, 0.15) is 51.9 Å². The van der Waals surface area contributed by atoms with Crippen LogP contribution in [0.2, 0.25) is 0 Å². The number of amides is 1. The molecule has 1 aliphatic heterocycles. The highest BCUT2D eigenvalue weighted by Crippen LogP contribution is 2.39. The first-order valence-electron chi connectivity index (χ1n) is 7.74. The molecule has 0 radical (unpaired) electrons. The Balaban J connectivity index is 2.18. The van der Waals surface area contributed by atoms with E-state index in [0.29, 0.717) is 25.4 Å². The highest BCUT2D eigenvalue weighted by molar-refractivity contribution is 5.88. The molecule has 0 aromatic rings. The minimum absolute atomic E-state index is 0.0148. The molecule has 0 bridgehead atoms. The number of carbonyl (C=O) groups is 2. The van der Waals surface area contributed by atoms with Crippen LogP contribution in [-0.4, -0.2) is 41.0 Å². The molecule has 3 N–H and O–H groups in total. The summed E-state index contributed by atoms with van der Waals surface area (Å²) in [4.78, 5) is 26.0. The predicted molar refractivity (Wildman–Crippen MR) is 76.1 cm³/mol. The summed E-state index contributed by atoms with van der Waals surface area (Å²) < 4.78 is 0. The molecule has 0 spiro atoms. The summed E-state index contributed by atoms with van der Waals surface area (Å²) >= 11 is 0. The number of nitrogens with two attached hydrogens (primary N) is 1. The normalized spacial score (nSPS) is 30.0. The molecule has 2 unspecified atom stereocenters. The highest BCUT2D eigenvalue weighted by atomic mass is 16.4. The van der Waals surface area contributed by atoms with Gasteiger partial charge < -0.3 is 15.7 Å². The van der Waals surface area contributed by atoms with Crippen molar-refractivity contribution in [2.24, 2.45) is 17.1 Å². The minimum atomic E-state index is -0.882. The zero-order valence-electron chi connectivity index (χ0n) is 12.3. The van der Waals surface area contributed by atoms with Gasteiger partial charge in [0.1, 0.15) is 6.04 Å². The fraction of sp³-hybridized carbons (Fsp3) is 0.867. The summed E-state index contributed by atoms with van der Waals surface area (Å²) in [6, 6.07) is -0.670. The van der Waals surface area contributed by atoms with Gasteiger partial charge in [0.2, 0.25) is 5.91 Å². The third kappa shape index (κ3) is 2.82. The van der Waals surface area contributed by atoms with E-state index in [9.17, 15) is 14.7 Å². The number of hydrogen-bond donors (Lipinski definition) is 2. The first kappa shape index (κ1) is 15.3. The molecule has 1 saturated carbocycles. The highest BCUT2D eigenvalue weighted by Gasteiger charge is 2.45. The van der Waals surface area contributed by atoms with Crippen molar-refractivity contribution in [1.29, 1.82) is 0 Å². The fourth-order valence-corrected chi connectivity index (χ4v) is 3.66. The lowest BCUT2D eigenvalue weighted by atomic mass is 9.72. The molecule has 5 heteroatoms. The van der Waals surface area contributed by atoms with Crippen molar-refractivity contribution in [2.45, 2.75) is 57.9 Å². The van der Waals surface area contributed by atoms with Crippen LogP contribution in [0.15, 0.2) is 0 Å². The second-order valence-corrected chi connectivity index (χ2v) is 6.53. The van der Waals surface area contributed by atoms with Crippen molar-refractivity contribution in [2.75, 3.05) is 13.1 Å². The summed E-state index contributed by atoms with van der Waals surface area (Å²) in [5.41, 5.74) is 5.39.